The summed E-state index contributed by atoms with van der Waals surface area (Å²) >= 11 is 6.57. The molecule has 0 atom stereocenters. The Morgan fingerprint density at radius 2 is 1.64 bits per heavy atom. The lowest BCUT2D eigenvalue weighted by Gasteiger charge is -2.37. The molecule has 2 heterocycles. The van der Waals surface area contributed by atoms with Crippen LogP contribution in [0.15, 0.2) is 89.4 Å². The highest BCUT2D eigenvalue weighted by Gasteiger charge is 2.25. The van der Waals surface area contributed by atoms with Gasteiger partial charge in [0.1, 0.15) is 17.3 Å². The van der Waals surface area contributed by atoms with Crippen molar-refractivity contribution in [2.45, 2.75) is 6.92 Å². The van der Waals surface area contributed by atoms with Gasteiger partial charge in [0, 0.05) is 43.4 Å². The van der Waals surface area contributed by atoms with Crippen LogP contribution in [0.2, 0.25) is 5.02 Å². The number of furan rings is 1. The van der Waals surface area contributed by atoms with E-state index in [0.29, 0.717) is 54.0 Å². The third kappa shape index (κ3) is 6.21. The normalized spacial score (nSPS) is 13.6. The van der Waals surface area contributed by atoms with Crippen molar-refractivity contribution in [3.8, 4) is 11.3 Å². The van der Waals surface area contributed by atoms with Gasteiger partial charge < -0.3 is 19.5 Å². The Labute approximate surface area is 231 Å². The highest BCUT2D eigenvalue weighted by Crippen LogP contribution is 2.35. The number of halogens is 2. The van der Waals surface area contributed by atoms with Crippen LogP contribution in [0.25, 0.3) is 17.4 Å². The lowest BCUT2D eigenvalue weighted by Crippen LogP contribution is -2.49. The van der Waals surface area contributed by atoms with Crippen LogP contribution in [0.4, 0.5) is 15.8 Å². The van der Waals surface area contributed by atoms with Gasteiger partial charge in [-0.1, -0.05) is 35.4 Å². The van der Waals surface area contributed by atoms with Gasteiger partial charge >= 0.3 is 0 Å². The van der Waals surface area contributed by atoms with Crippen molar-refractivity contribution in [1.82, 2.24) is 4.90 Å². The third-order valence-electron chi connectivity index (χ3n) is 6.58. The number of amides is 2. The number of nitrogens with one attached hydrogen (secondary N) is 1. The lowest BCUT2D eigenvalue weighted by molar-refractivity contribution is -0.111. The van der Waals surface area contributed by atoms with Gasteiger partial charge in [0.2, 0.25) is 5.91 Å². The molecule has 3 aromatic carbocycles. The van der Waals surface area contributed by atoms with Gasteiger partial charge in [-0.25, -0.2) is 4.39 Å². The molecule has 1 fully saturated rings. The molecule has 4 aromatic rings. The molecule has 0 aliphatic carbocycles. The minimum atomic E-state index is -0.341. The SMILES string of the molecule is Cc1ccc(C(=O)N2CCN(c3c(Cl)cccc3NC(=O)/C=C/c3ccc(-c4ccc(F)cc4)o3)CC2)cc1. The highest BCUT2D eigenvalue weighted by molar-refractivity contribution is 6.34. The maximum absolute atomic E-state index is 13.2. The number of hydrogen-bond acceptors (Lipinski definition) is 4. The Bertz CT molecular complexity index is 1510. The Kier molecular flexibility index (Phi) is 7.79. The summed E-state index contributed by atoms with van der Waals surface area (Å²) in [6.07, 6.45) is 2.96. The fraction of sp³-hybridized carbons (Fsp3) is 0.161. The molecule has 1 aromatic heterocycles. The largest absolute Gasteiger partial charge is 0.457 e. The van der Waals surface area contributed by atoms with Crippen LogP contribution in [0.5, 0.6) is 0 Å². The number of piperazine rings is 1. The fourth-order valence-electron chi connectivity index (χ4n) is 4.49. The summed E-state index contributed by atoms with van der Waals surface area (Å²) in [6.45, 7) is 4.24. The molecule has 0 unspecified atom stereocenters. The van der Waals surface area contributed by atoms with Crippen molar-refractivity contribution in [2.75, 3.05) is 36.4 Å². The molecule has 2 amide bonds. The molecule has 1 aliphatic rings. The second-order valence-electron chi connectivity index (χ2n) is 9.31. The number of anilines is 2. The van der Waals surface area contributed by atoms with E-state index in [2.05, 4.69) is 10.2 Å². The number of benzene rings is 3. The molecule has 1 saturated heterocycles. The van der Waals surface area contributed by atoms with E-state index in [-0.39, 0.29) is 17.6 Å². The van der Waals surface area contributed by atoms with Crippen molar-refractivity contribution < 1.29 is 18.4 Å². The molecule has 39 heavy (non-hydrogen) atoms. The molecule has 0 bridgehead atoms. The van der Waals surface area contributed by atoms with Crippen LogP contribution in [0.1, 0.15) is 21.7 Å². The van der Waals surface area contributed by atoms with Crippen molar-refractivity contribution in [1.29, 1.82) is 0 Å². The Morgan fingerprint density at radius 3 is 2.36 bits per heavy atom. The minimum absolute atomic E-state index is 0.00739. The van der Waals surface area contributed by atoms with Gasteiger partial charge in [0.15, 0.2) is 0 Å². The average Bonchev–Trinajstić information content (AvgIpc) is 3.42. The van der Waals surface area contributed by atoms with E-state index < -0.39 is 0 Å². The van der Waals surface area contributed by atoms with Crippen molar-refractivity contribution in [2.24, 2.45) is 0 Å². The second-order valence-corrected chi connectivity index (χ2v) is 9.72. The van der Waals surface area contributed by atoms with Crippen LogP contribution in [-0.2, 0) is 4.79 Å². The van der Waals surface area contributed by atoms with E-state index in [1.54, 1.807) is 48.5 Å². The van der Waals surface area contributed by atoms with E-state index in [0.717, 1.165) is 16.8 Å². The molecule has 6 nitrogen and oxygen atoms in total. The van der Waals surface area contributed by atoms with Crippen LogP contribution >= 0.6 is 11.6 Å². The predicted molar refractivity (Wildman–Crippen MR) is 153 cm³/mol. The summed E-state index contributed by atoms with van der Waals surface area (Å²) in [4.78, 5) is 29.6. The highest BCUT2D eigenvalue weighted by atomic mass is 35.5. The Morgan fingerprint density at radius 1 is 0.923 bits per heavy atom. The van der Waals surface area contributed by atoms with E-state index in [9.17, 15) is 14.0 Å². The summed E-state index contributed by atoms with van der Waals surface area (Å²) in [5.74, 6) is 0.414. The monoisotopic (exact) mass is 543 g/mol. The lowest BCUT2D eigenvalue weighted by atomic mass is 10.1. The molecule has 0 saturated carbocycles. The van der Waals surface area contributed by atoms with Gasteiger partial charge in [-0.05, 0) is 73.7 Å². The number of carbonyl (C=O) groups is 2. The van der Waals surface area contributed by atoms with Gasteiger partial charge in [-0.15, -0.1) is 0 Å². The quantitative estimate of drug-likeness (QED) is 0.276. The van der Waals surface area contributed by atoms with E-state index in [4.69, 9.17) is 16.0 Å². The molecule has 0 radical (unpaired) electrons. The first kappa shape index (κ1) is 26.3. The number of nitrogens with zero attached hydrogens (tertiary/aromatic N) is 2. The molecular formula is C31H27ClFN3O3. The first-order valence-corrected chi connectivity index (χ1v) is 13.0. The predicted octanol–water partition coefficient (Wildman–Crippen LogP) is 6.66. The molecule has 1 N–H and O–H groups in total. The first-order chi connectivity index (χ1) is 18.9. The van der Waals surface area contributed by atoms with Crippen LogP contribution < -0.4 is 10.2 Å². The zero-order valence-corrected chi connectivity index (χ0v) is 22.1. The second kappa shape index (κ2) is 11.6. The zero-order valence-electron chi connectivity index (χ0n) is 21.4. The van der Waals surface area contributed by atoms with E-state index >= 15 is 0 Å². The zero-order chi connectivity index (χ0) is 27.4. The number of para-hydroxylation sites is 1. The number of hydrogen-bond donors (Lipinski definition) is 1. The van der Waals surface area contributed by atoms with E-state index in [1.807, 2.05) is 36.1 Å². The van der Waals surface area contributed by atoms with Crippen LogP contribution in [0.3, 0.4) is 0 Å². The van der Waals surface area contributed by atoms with Crippen molar-refractivity contribution >= 4 is 40.9 Å². The van der Waals surface area contributed by atoms with Gasteiger partial charge in [0.25, 0.3) is 5.91 Å². The van der Waals surface area contributed by atoms with Crippen LogP contribution in [-0.4, -0.2) is 42.9 Å². The topological polar surface area (TPSA) is 65.8 Å². The fourth-order valence-corrected chi connectivity index (χ4v) is 4.79. The summed E-state index contributed by atoms with van der Waals surface area (Å²) < 4.78 is 18.9. The van der Waals surface area contributed by atoms with Gasteiger partial charge in [0.05, 0.1) is 16.4 Å². The maximum atomic E-state index is 13.2. The minimum Gasteiger partial charge on any atom is -0.457 e. The van der Waals surface area contributed by atoms with Gasteiger partial charge in [-0.3, -0.25) is 9.59 Å². The van der Waals surface area contributed by atoms with Crippen molar-refractivity contribution in [3.05, 3.63) is 113 Å². The molecule has 1 aliphatic heterocycles. The first-order valence-electron chi connectivity index (χ1n) is 12.6. The van der Waals surface area contributed by atoms with Gasteiger partial charge in [-0.2, -0.15) is 0 Å². The average molecular weight is 544 g/mol. The third-order valence-corrected chi connectivity index (χ3v) is 6.89. The van der Waals surface area contributed by atoms with Crippen molar-refractivity contribution in [3.63, 3.8) is 0 Å². The summed E-state index contributed by atoms with van der Waals surface area (Å²) in [5.41, 5.74) is 3.83. The maximum Gasteiger partial charge on any atom is 0.253 e. The summed E-state index contributed by atoms with van der Waals surface area (Å²) in [7, 11) is 0. The van der Waals surface area contributed by atoms with E-state index in [1.165, 1.54) is 18.2 Å². The molecular weight excluding hydrogens is 517 g/mol. The number of carbonyl (C=O) groups excluding carboxylic acids is 2. The summed E-state index contributed by atoms with van der Waals surface area (Å²) in [6, 6.07) is 22.5. The Balaban J connectivity index is 1.23. The van der Waals surface area contributed by atoms with Crippen LogP contribution in [0, 0.1) is 12.7 Å². The Hall–Kier alpha value is -4.36. The molecule has 0 spiro atoms. The molecule has 5 rings (SSSR count). The smallest absolute Gasteiger partial charge is 0.253 e. The standard InChI is InChI=1S/C31H27ClFN3O3/c1-21-5-7-23(8-6-21)31(38)36-19-17-35(18-20-36)30-26(32)3-2-4-27(30)34-29(37)16-14-25-13-15-28(39-25)22-9-11-24(33)12-10-22/h2-16H,17-20H2,1H3,(H,34,37)/b16-14+. The molecule has 198 valence electrons. The number of aryl methyl sites for hydroxylation is 1. The number of rotatable bonds is 6. The molecule has 8 heteroatoms. The summed E-state index contributed by atoms with van der Waals surface area (Å²) in [5, 5.41) is 3.43.